The Balaban J connectivity index is 1.86. The topological polar surface area (TPSA) is 21.6 Å². The molecule has 0 aliphatic heterocycles. The SMILES string of the molecule is FC(F)(F)CO/N=[C]\c1ccc(C2CCCCC2)cc1. The molecule has 20 heavy (non-hydrogen) atoms. The average Bonchev–Trinajstić information content (AvgIpc) is 2.44. The third-order valence-electron chi connectivity index (χ3n) is 3.45. The van der Waals surface area contributed by atoms with E-state index < -0.39 is 12.8 Å². The van der Waals surface area contributed by atoms with Gasteiger partial charge in [0.05, 0.1) is 0 Å². The number of halogens is 3. The first-order chi connectivity index (χ1) is 9.54. The van der Waals surface area contributed by atoms with E-state index in [9.17, 15) is 13.2 Å². The van der Waals surface area contributed by atoms with E-state index in [2.05, 4.69) is 16.2 Å². The van der Waals surface area contributed by atoms with Crippen molar-refractivity contribution in [2.75, 3.05) is 6.61 Å². The van der Waals surface area contributed by atoms with Gasteiger partial charge in [0.2, 0.25) is 6.61 Å². The quantitative estimate of drug-likeness (QED) is 0.588. The zero-order chi connectivity index (χ0) is 14.4. The molecule has 2 nitrogen and oxygen atoms in total. The Bertz CT molecular complexity index is 433. The molecule has 1 fully saturated rings. The molecule has 1 aromatic carbocycles. The highest BCUT2D eigenvalue weighted by Crippen LogP contribution is 2.32. The lowest BCUT2D eigenvalue weighted by Gasteiger charge is -2.21. The monoisotopic (exact) mass is 284 g/mol. The van der Waals surface area contributed by atoms with Gasteiger partial charge < -0.3 is 4.84 Å². The van der Waals surface area contributed by atoms with Gasteiger partial charge in [-0.15, -0.1) is 0 Å². The Hall–Kier alpha value is -1.52. The van der Waals surface area contributed by atoms with Gasteiger partial charge >= 0.3 is 6.18 Å². The van der Waals surface area contributed by atoms with E-state index >= 15 is 0 Å². The fourth-order valence-electron chi connectivity index (χ4n) is 2.46. The van der Waals surface area contributed by atoms with Crippen molar-refractivity contribution in [3.8, 4) is 0 Å². The number of hydrogen-bond acceptors (Lipinski definition) is 2. The molecule has 0 aromatic heterocycles. The van der Waals surface area contributed by atoms with Crippen molar-refractivity contribution in [2.24, 2.45) is 5.16 Å². The molecule has 1 radical (unpaired) electrons. The summed E-state index contributed by atoms with van der Waals surface area (Å²) in [6.45, 7) is -1.39. The molecule has 1 saturated carbocycles. The number of benzene rings is 1. The normalized spacial score (nSPS) is 17.6. The van der Waals surface area contributed by atoms with Crippen molar-refractivity contribution < 1.29 is 18.0 Å². The van der Waals surface area contributed by atoms with Crippen LogP contribution in [-0.4, -0.2) is 19.0 Å². The fourth-order valence-corrected chi connectivity index (χ4v) is 2.46. The maximum atomic E-state index is 11.8. The molecule has 1 aliphatic carbocycles. The highest BCUT2D eigenvalue weighted by Gasteiger charge is 2.28. The van der Waals surface area contributed by atoms with Gasteiger partial charge in [-0.1, -0.05) is 48.7 Å². The first-order valence-corrected chi connectivity index (χ1v) is 6.79. The lowest BCUT2D eigenvalue weighted by atomic mass is 9.84. The van der Waals surface area contributed by atoms with Gasteiger partial charge in [0.15, 0.2) is 0 Å². The van der Waals surface area contributed by atoms with Crippen molar-refractivity contribution in [1.82, 2.24) is 0 Å². The van der Waals surface area contributed by atoms with E-state index in [0.717, 1.165) is 0 Å². The van der Waals surface area contributed by atoms with E-state index in [4.69, 9.17) is 0 Å². The van der Waals surface area contributed by atoms with Crippen LogP contribution in [0, 0.1) is 0 Å². The molecule has 0 spiro atoms. The summed E-state index contributed by atoms with van der Waals surface area (Å²) in [4.78, 5) is 4.14. The van der Waals surface area contributed by atoms with E-state index in [1.54, 1.807) is 0 Å². The molecule has 0 heterocycles. The average molecular weight is 284 g/mol. The van der Waals surface area contributed by atoms with Gasteiger partial charge in [0, 0.05) is 5.56 Å². The first kappa shape index (κ1) is 14.9. The van der Waals surface area contributed by atoms with Crippen LogP contribution in [0.15, 0.2) is 29.4 Å². The number of rotatable bonds is 4. The van der Waals surface area contributed by atoms with Crippen LogP contribution in [0.2, 0.25) is 0 Å². The van der Waals surface area contributed by atoms with Gasteiger partial charge in [0.25, 0.3) is 0 Å². The molecule has 5 heteroatoms. The predicted octanol–water partition coefficient (Wildman–Crippen LogP) is 4.52. The van der Waals surface area contributed by atoms with Crippen molar-refractivity contribution in [3.63, 3.8) is 0 Å². The Morgan fingerprint density at radius 3 is 2.35 bits per heavy atom. The van der Waals surface area contributed by atoms with E-state index in [-0.39, 0.29) is 0 Å². The number of hydrogen-bond donors (Lipinski definition) is 0. The Morgan fingerprint density at radius 2 is 1.75 bits per heavy atom. The summed E-state index contributed by atoms with van der Waals surface area (Å²) in [5, 5.41) is 3.20. The summed E-state index contributed by atoms with van der Waals surface area (Å²) in [5.74, 6) is 0.608. The second-order valence-corrected chi connectivity index (χ2v) is 5.05. The molecule has 1 aromatic rings. The summed E-state index contributed by atoms with van der Waals surface area (Å²) in [7, 11) is 0. The van der Waals surface area contributed by atoms with Crippen molar-refractivity contribution >= 4 is 6.21 Å². The smallest absolute Gasteiger partial charge is 0.386 e. The summed E-state index contributed by atoms with van der Waals surface area (Å²) in [6, 6.07) is 7.62. The lowest BCUT2D eigenvalue weighted by molar-refractivity contribution is -0.173. The van der Waals surface area contributed by atoms with Crippen molar-refractivity contribution in [3.05, 3.63) is 35.4 Å². The van der Waals surface area contributed by atoms with Crippen LogP contribution in [0.1, 0.15) is 49.1 Å². The fraction of sp³-hybridized carbons (Fsp3) is 0.533. The van der Waals surface area contributed by atoms with E-state index in [1.165, 1.54) is 37.7 Å². The Labute approximate surface area is 116 Å². The summed E-state index contributed by atoms with van der Waals surface area (Å²) >= 11 is 0. The maximum Gasteiger partial charge on any atom is 0.425 e. The van der Waals surface area contributed by atoms with Gasteiger partial charge in [-0.05, 0) is 24.3 Å². The molecule has 0 bridgehead atoms. The summed E-state index contributed by atoms with van der Waals surface area (Å²) in [6.07, 6.45) is 4.36. The minimum Gasteiger partial charge on any atom is -0.386 e. The van der Waals surface area contributed by atoms with Crippen LogP contribution >= 0.6 is 0 Å². The standard InChI is InChI=1S/C15H17F3NO/c16-15(17,18)11-20-19-10-12-6-8-14(9-7-12)13-4-2-1-3-5-13/h6-9,13H,1-5,11H2. The Kier molecular flexibility index (Phi) is 5.04. The van der Waals surface area contributed by atoms with E-state index in [1.807, 2.05) is 24.3 Å². The highest BCUT2D eigenvalue weighted by atomic mass is 19.4. The summed E-state index contributed by atoms with van der Waals surface area (Å²) in [5.41, 5.74) is 1.90. The van der Waals surface area contributed by atoms with Gasteiger partial charge in [-0.3, -0.25) is 0 Å². The van der Waals surface area contributed by atoms with Crippen LogP contribution in [0.4, 0.5) is 13.2 Å². The number of nitrogens with zero attached hydrogens (tertiary/aromatic N) is 1. The van der Waals surface area contributed by atoms with Crippen LogP contribution in [0.25, 0.3) is 0 Å². The second kappa shape index (κ2) is 6.77. The Morgan fingerprint density at radius 1 is 1.10 bits per heavy atom. The van der Waals surface area contributed by atoms with E-state index in [0.29, 0.717) is 11.5 Å². The minimum atomic E-state index is -4.37. The molecular weight excluding hydrogens is 267 g/mol. The second-order valence-electron chi connectivity index (χ2n) is 5.05. The minimum absolute atomic E-state index is 0.608. The molecule has 1 aliphatic rings. The van der Waals surface area contributed by atoms with Crippen LogP contribution in [-0.2, 0) is 4.84 Å². The predicted molar refractivity (Wildman–Crippen MR) is 70.8 cm³/mol. The molecule has 0 saturated heterocycles. The van der Waals surface area contributed by atoms with Crippen molar-refractivity contribution in [1.29, 1.82) is 0 Å². The van der Waals surface area contributed by atoms with Gasteiger partial charge in [0.1, 0.15) is 6.21 Å². The van der Waals surface area contributed by atoms with Crippen molar-refractivity contribution in [2.45, 2.75) is 44.2 Å². The van der Waals surface area contributed by atoms with Gasteiger partial charge in [-0.25, -0.2) is 0 Å². The molecular formula is C15H17F3NO. The summed E-state index contributed by atoms with van der Waals surface area (Å²) < 4.78 is 35.5. The first-order valence-electron chi connectivity index (χ1n) is 6.79. The molecule has 2 rings (SSSR count). The molecule has 0 N–H and O–H groups in total. The van der Waals surface area contributed by atoms with Crippen LogP contribution in [0.5, 0.6) is 0 Å². The lowest BCUT2D eigenvalue weighted by Crippen LogP contribution is -2.14. The maximum absolute atomic E-state index is 11.8. The highest BCUT2D eigenvalue weighted by molar-refractivity contribution is 5.79. The van der Waals surface area contributed by atoms with Crippen LogP contribution in [0.3, 0.4) is 0 Å². The molecule has 109 valence electrons. The van der Waals surface area contributed by atoms with Gasteiger partial charge in [-0.2, -0.15) is 13.2 Å². The molecule has 0 atom stereocenters. The van der Waals surface area contributed by atoms with Crippen LogP contribution < -0.4 is 0 Å². The largest absolute Gasteiger partial charge is 0.425 e. The zero-order valence-electron chi connectivity index (χ0n) is 11.1. The molecule has 0 unspecified atom stereocenters. The molecule has 0 amide bonds. The third kappa shape index (κ3) is 4.87. The third-order valence-corrected chi connectivity index (χ3v) is 3.45. The number of alkyl halides is 3. The zero-order valence-corrected chi connectivity index (χ0v) is 11.1.